The third-order valence-corrected chi connectivity index (χ3v) is 3.52. The van der Waals surface area contributed by atoms with E-state index >= 15 is 0 Å². The lowest BCUT2D eigenvalue weighted by Crippen LogP contribution is -2.29. The van der Waals surface area contributed by atoms with Crippen molar-refractivity contribution >= 4 is 14.4 Å². The first-order valence-corrected chi connectivity index (χ1v) is 8.50. The van der Waals surface area contributed by atoms with Gasteiger partial charge in [0.15, 0.2) is 11.5 Å². The van der Waals surface area contributed by atoms with E-state index in [0.29, 0.717) is 0 Å². The van der Waals surface area contributed by atoms with Crippen molar-refractivity contribution in [2.45, 2.75) is 18.0 Å². The molecular formula is C12H20AlNO2. The summed E-state index contributed by atoms with van der Waals surface area (Å²) in [4.78, 5) is 0. The van der Waals surface area contributed by atoms with Gasteiger partial charge in [-0.25, -0.2) is 0 Å². The Morgan fingerprint density at radius 1 is 1.12 bits per heavy atom. The average Bonchev–Trinajstić information content (AvgIpc) is 2.28. The molecule has 1 aromatic carbocycles. The van der Waals surface area contributed by atoms with E-state index < -0.39 is 14.4 Å². The third kappa shape index (κ3) is 4.05. The fourth-order valence-electron chi connectivity index (χ4n) is 1.54. The Hall–Kier alpha value is -0.688. The molecule has 0 saturated carbocycles. The summed E-state index contributed by atoms with van der Waals surface area (Å²) in [5, 5.41) is 0. The number of benzene rings is 1. The molecule has 0 aliphatic carbocycles. The summed E-state index contributed by atoms with van der Waals surface area (Å²) < 4.78 is 14.0. The fraction of sp³-hybridized carbons (Fsp3) is 0.500. The van der Waals surface area contributed by atoms with Crippen LogP contribution >= 0.6 is 0 Å². The largest absolute Gasteiger partial charge is 0.493 e. The van der Waals surface area contributed by atoms with Gasteiger partial charge < -0.3 is 13.8 Å². The minimum atomic E-state index is -0.653. The summed E-state index contributed by atoms with van der Waals surface area (Å²) in [6, 6.07) is 6.09. The van der Waals surface area contributed by atoms with Gasteiger partial charge in [-0.1, -0.05) is 17.6 Å². The molecule has 0 aliphatic rings. The molecule has 0 spiro atoms. The maximum absolute atomic E-state index is 5.27. The normalized spacial score (nSPS) is 10.0. The average molecular weight is 237 g/mol. The number of rotatable bonds is 6. The molecule has 3 nitrogen and oxygen atoms in total. The van der Waals surface area contributed by atoms with E-state index in [0.717, 1.165) is 24.5 Å². The molecule has 1 rings (SSSR count). The molecule has 0 amide bonds. The lowest BCUT2D eigenvalue weighted by molar-refractivity contribution is 0.354. The summed E-state index contributed by atoms with van der Waals surface area (Å²) in [5.41, 5.74) is 1.28. The van der Waals surface area contributed by atoms with Crippen molar-refractivity contribution in [2.24, 2.45) is 0 Å². The van der Waals surface area contributed by atoms with E-state index in [1.807, 2.05) is 12.1 Å². The molecule has 0 bridgehead atoms. The Kier molecular flexibility index (Phi) is 5.69. The quantitative estimate of drug-likeness (QED) is 0.768. The van der Waals surface area contributed by atoms with Gasteiger partial charge in [0.05, 0.1) is 14.2 Å². The van der Waals surface area contributed by atoms with Gasteiger partial charge in [-0.15, -0.1) is 0 Å². The van der Waals surface area contributed by atoms with Crippen molar-refractivity contribution in [3.05, 3.63) is 23.8 Å². The monoisotopic (exact) mass is 237 g/mol. The van der Waals surface area contributed by atoms with Crippen molar-refractivity contribution in [1.29, 1.82) is 0 Å². The molecular weight excluding hydrogens is 217 g/mol. The Morgan fingerprint density at radius 2 is 1.81 bits per heavy atom. The predicted molar refractivity (Wildman–Crippen MR) is 68.7 cm³/mol. The molecule has 4 heteroatoms. The zero-order valence-electron chi connectivity index (χ0n) is 10.5. The first kappa shape index (κ1) is 13.4. The highest BCUT2D eigenvalue weighted by Crippen LogP contribution is 2.27. The molecule has 0 aromatic heterocycles. The van der Waals surface area contributed by atoms with Crippen LogP contribution in [0, 0.1) is 0 Å². The molecule has 1 N–H and O–H groups in total. The van der Waals surface area contributed by atoms with Gasteiger partial charge in [-0.3, -0.25) is 0 Å². The van der Waals surface area contributed by atoms with Crippen LogP contribution in [-0.4, -0.2) is 35.1 Å². The molecule has 0 saturated heterocycles. The van der Waals surface area contributed by atoms with Crippen LogP contribution in [0.2, 0.25) is 11.6 Å². The number of methoxy groups -OCH3 is 2. The Labute approximate surface area is 102 Å². The Morgan fingerprint density at radius 3 is 2.38 bits per heavy atom. The van der Waals surface area contributed by atoms with Gasteiger partial charge in [0, 0.05) is 0 Å². The minimum Gasteiger partial charge on any atom is -0.493 e. The first-order chi connectivity index (χ1) is 7.67. The number of nitrogens with one attached hydrogen (secondary N) is 1. The second-order valence-electron chi connectivity index (χ2n) is 4.05. The molecule has 0 atom stereocenters. The number of ether oxygens (including phenoxy) is 2. The van der Waals surface area contributed by atoms with Gasteiger partial charge in [-0.05, 0) is 30.7 Å². The van der Waals surface area contributed by atoms with Gasteiger partial charge in [0.25, 0.3) is 0 Å². The van der Waals surface area contributed by atoms with Crippen molar-refractivity contribution in [3.8, 4) is 11.5 Å². The van der Waals surface area contributed by atoms with Crippen molar-refractivity contribution in [2.75, 3.05) is 20.8 Å². The molecule has 0 heterocycles. The third-order valence-electron chi connectivity index (χ3n) is 2.41. The zero-order valence-corrected chi connectivity index (χ0v) is 11.7. The maximum Gasteiger partial charge on any atom is 0.363 e. The van der Waals surface area contributed by atoms with Gasteiger partial charge in [0.1, 0.15) is 0 Å². The number of hydrogen-bond acceptors (Lipinski definition) is 3. The van der Waals surface area contributed by atoms with E-state index in [9.17, 15) is 0 Å². The van der Waals surface area contributed by atoms with Crippen LogP contribution < -0.4 is 13.8 Å². The van der Waals surface area contributed by atoms with Crippen LogP contribution in [0.15, 0.2) is 18.2 Å². The van der Waals surface area contributed by atoms with Crippen LogP contribution in [0.3, 0.4) is 0 Å². The van der Waals surface area contributed by atoms with Gasteiger partial charge >= 0.3 is 14.4 Å². The van der Waals surface area contributed by atoms with Crippen LogP contribution in [0.1, 0.15) is 5.56 Å². The molecule has 0 unspecified atom stereocenters. The molecule has 1 aromatic rings. The highest BCUT2D eigenvalue weighted by Gasteiger charge is 2.05. The van der Waals surface area contributed by atoms with E-state index in [1.165, 1.54) is 5.56 Å². The topological polar surface area (TPSA) is 30.5 Å². The Bertz CT molecular complexity index is 329. The van der Waals surface area contributed by atoms with E-state index in [-0.39, 0.29) is 0 Å². The minimum absolute atomic E-state index is 0.653. The molecule has 0 radical (unpaired) electrons. The smallest absolute Gasteiger partial charge is 0.363 e. The second kappa shape index (κ2) is 6.80. The van der Waals surface area contributed by atoms with Crippen LogP contribution in [0.4, 0.5) is 0 Å². The standard InChI is InChI=1S/C10H14NO2.2CH3.Al/c1-12-9-4-3-8(5-6-11)7-10(9)13-2;;;/h3-4,7,11H,5-6H2,1-2H3;2*1H3;/q-1;;;+1. The highest BCUT2D eigenvalue weighted by atomic mass is 27.2. The fourth-order valence-corrected chi connectivity index (χ4v) is 2.26. The van der Waals surface area contributed by atoms with Crippen molar-refractivity contribution in [1.82, 2.24) is 4.30 Å². The second-order valence-corrected chi connectivity index (χ2v) is 6.77. The highest BCUT2D eigenvalue weighted by molar-refractivity contribution is 6.52. The summed E-state index contributed by atoms with van der Waals surface area (Å²) in [6.45, 7) is 1.04. The van der Waals surface area contributed by atoms with Crippen molar-refractivity contribution in [3.63, 3.8) is 0 Å². The zero-order chi connectivity index (χ0) is 12.0. The first-order valence-electron chi connectivity index (χ1n) is 5.61. The van der Waals surface area contributed by atoms with E-state index in [4.69, 9.17) is 9.47 Å². The molecule has 0 fully saturated rings. The summed E-state index contributed by atoms with van der Waals surface area (Å²) in [6.07, 6.45) is 1.03. The molecule has 0 aliphatic heterocycles. The lowest BCUT2D eigenvalue weighted by atomic mass is 10.1. The van der Waals surface area contributed by atoms with Crippen molar-refractivity contribution < 1.29 is 9.47 Å². The summed E-state index contributed by atoms with van der Waals surface area (Å²) in [7, 11) is 3.32. The lowest BCUT2D eigenvalue weighted by Gasteiger charge is -2.10. The summed E-state index contributed by atoms with van der Waals surface area (Å²) in [5.74, 6) is 6.17. The maximum atomic E-state index is 5.27. The van der Waals surface area contributed by atoms with Crippen LogP contribution in [-0.2, 0) is 6.42 Å². The SMILES string of the molecule is COc1ccc(CC[NH][Al]([CH3])[CH3])cc1OC. The number of hydrogen-bond donors (Lipinski definition) is 1. The summed E-state index contributed by atoms with van der Waals surface area (Å²) >= 11 is -0.653. The van der Waals surface area contributed by atoms with Crippen LogP contribution in [0.5, 0.6) is 11.5 Å². The van der Waals surface area contributed by atoms with E-state index in [2.05, 4.69) is 21.9 Å². The molecule has 16 heavy (non-hydrogen) atoms. The Balaban J connectivity index is 2.60. The van der Waals surface area contributed by atoms with Gasteiger partial charge in [0.2, 0.25) is 0 Å². The molecule has 88 valence electrons. The van der Waals surface area contributed by atoms with Crippen LogP contribution in [0.25, 0.3) is 0 Å². The predicted octanol–water partition coefficient (Wildman–Crippen LogP) is 2.09. The van der Waals surface area contributed by atoms with E-state index in [1.54, 1.807) is 14.2 Å². The van der Waals surface area contributed by atoms with Gasteiger partial charge in [-0.2, -0.15) is 0 Å².